The fourth-order valence-electron chi connectivity index (χ4n) is 1.55. The Hall–Kier alpha value is -2.75. The molecule has 2 aromatic rings. The number of alkyl halides is 3. The van der Waals surface area contributed by atoms with Gasteiger partial charge in [0.05, 0.1) is 13.3 Å². The molecule has 10 heteroatoms. The van der Waals surface area contributed by atoms with Crippen LogP contribution in [-0.4, -0.2) is 29.3 Å². The molecule has 0 aliphatic rings. The van der Waals surface area contributed by atoms with E-state index in [-0.39, 0.29) is 0 Å². The van der Waals surface area contributed by atoms with E-state index in [0.29, 0.717) is 12.6 Å². The van der Waals surface area contributed by atoms with Gasteiger partial charge in [-0.1, -0.05) is 0 Å². The molecule has 0 spiro atoms. The van der Waals surface area contributed by atoms with Gasteiger partial charge in [-0.05, 0) is 25.1 Å². The summed E-state index contributed by atoms with van der Waals surface area (Å²) in [4.78, 5) is 13.0. The molecule has 0 bridgehead atoms. The first-order chi connectivity index (χ1) is 11.2. The maximum atomic E-state index is 10.6. The van der Waals surface area contributed by atoms with Gasteiger partial charge in [-0.25, -0.2) is 9.78 Å². The Morgan fingerprint density at radius 2 is 2.08 bits per heavy atom. The number of ether oxygens (including phenoxy) is 1. The number of nitrogens with two attached hydrogens (primary N) is 1. The normalized spacial score (nSPS) is 10.6. The van der Waals surface area contributed by atoms with Gasteiger partial charge < -0.3 is 25.3 Å². The van der Waals surface area contributed by atoms with Crippen LogP contribution in [0, 0.1) is 6.92 Å². The molecule has 1 aromatic carbocycles. The molecule has 0 fully saturated rings. The monoisotopic (exact) mass is 347 g/mol. The second-order valence-corrected chi connectivity index (χ2v) is 4.43. The predicted octanol–water partition coefficient (Wildman–Crippen LogP) is 2.83. The molecule has 132 valence electrons. The van der Waals surface area contributed by atoms with Gasteiger partial charge in [-0.15, -0.1) is 0 Å². The summed E-state index contributed by atoms with van der Waals surface area (Å²) in [5.41, 5.74) is 7.45. The van der Waals surface area contributed by atoms with Crippen LogP contribution < -0.4 is 15.8 Å². The minimum atomic E-state index is -5.08. The van der Waals surface area contributed by atoms with Crippen LogP contribution in [0.4, 0.5) is 24.9 Å². The Kier molecular flexibility index (Phi) is 6.59. The highest BCUT2D eigenvalue weighted by molar-refractivity contribution is 5.73. The van der Waals surface area contributed by atoms with Crippen molar-refractivity contribution in [1.29, 1.82) is 0 Å². The topological polar surface area (TPSA) is 111 Å². The predicted molar refractivity (Wildman–Crippen MR) is 79.1 cm³/mol. The lowest BCUT2D eigenvalue weighted by Gasteiger charge is -2.09. The Morgan fingerprint density at radius 3 is 2.50 bits per heavy atom. The lowest BCUT2D eigenvalue weighted by Crippen LogP contribution is -2.21. The van der Waals surface area contributed by atoms with Crippen molar-refractivity contribution >= 4 is 17.7 Å². The van der Waals surface area contributed by atoms with E-state index >= 15 is 0 Å². The van der Waals surface area contributed by atoms with Crippen LogP contribution in [0.2, 0.25) is 0 Å². The molecule has 1 heterocycles. The van der Waals surface area contributed by atoms with Crippen molar-refractivity contribution in [3.63, 3.8) is 0 Å². The summed E-state index contributed by atoms with van der Waals surface area (Å²) < 4.78 is 42.3. The van der Waals surface area contributed by atoms with Crippen LogP contribution in [0.5, 0.6) is 5.75 Å². The number of halogens is 3. The van der Waals surface area contributed by atoms with Crippen LogP contribution in [0.25, 0.3) is 0 Å². The maximum absolute atomic E-state index is 10.6. The Balaban J connectivity index is 0.000000351. The SMILES string of the molecule is COc1ccc(Nc2ncc(C)o2)cc1CN.O=C(O)C(F)(F)F. The number of nitrogens with zero attached hydrogens (tertiary/aromatic N) is 1. The number of methoxy groups -OCH3 is 1. The van der Waals surface area contributed by atoms with Gasteiger partial charge in [0.25, 0.3) is 6.01 Å². The maximum Gasteiger partial charge on any atom is 0.490 e. The molecule has 0 aliphatic carbocycles. The Bertz CT molecular complexity index is 686. The number of aliphatic carboxylic acids is 1. The lowest BCUT2D eigenvalue weighted by molar-refractivity contribution is -0.192. The summed E-state index contributed by atoms with van der Waals surface area (Å²) in [6, 6.07) is 6.13. The number of carboxylic acid groups (broad SMARTS) is 1. The van der Waals surface area contributed by atoms with Crippen LogP contribution in [0.15, 0.2) is 28.8 Å². The van der Waals surface area contributed by atoms with Gasteiger partial charge in [0.1, 0.15) is 11.5 Å². The van der Waals surface area contributed by atoms with E-state index in [4.69, 9.17) is 24.8 Å². The first-order valence-electron chi connectivity index (χ1n) is 6.54. The van der Waals surface area contributed by atoms with Crippen molar-refractivity contribution < 1.29 is 32.2 Å². The molecule has 0 radical (unpaired) electrons. The second kappa shape index (κ2) is 8.20. The van der Waals surface area contributed by atoms with Crippen molar-refractivity contribution in [2.75, 3.05) is 12.4 Å². The summed E-state index contributed by atoms with van der Waals surface area (Å²) >= 11 is 0. The van der Waals surface area contributed by atoms with Crippen molar-refractivity contribution in [2.24, 2.45) is 5.73 Å². The summed E-state index contributed by atoms with van der Waals surface area (Å²) in [6.07, 6.45) is -3.42. The molecule has 0 aliphatic heterocycles. The Morgan fingerprint density at radius 1 is 1.46 bits per heavy atom. The molecule has 1 aromatic heterocycles. The molecular formula is C14H16F3N3O4. The highest BCUT2D eigenvalue weighted by Crippen LogP contribution is 2.24. The molecule has 7 nitrogen and oxygen atoms in total. The van der Waals surface area contributed by atoms with Crippen LogP contribution >= 0.6 is 0 Å². The number of carboxylic acids is 1. The molecule has 0 atom stereocenters. The first-order valence-corrected chi connectivity index (χ1v) is 6.54. The molecule has 4 N–H and O–H groups in total. The van der Waals surface area contributed by atoms with E-state index in [1.807, 2.05) is 25.1 Å². The number of nitrogens with one attached hydrogen (secondary N) is 1. The van der Waals surface area contributed by atoms with E-state index in [1.165, 1.54) is 0 Å². The van der Waals surface area contributed by atoms with E-state index in [0.717, 1.165) is 22.8 Å². The standard InChI is InChI=1S/C12H15N3O2.C2HF3O2/c1-8-7-14-12(17-8)15-10-3-4-11(16-2)9(5-10)6-13;3-2(4,5)1(6)7/h3-5,7H,6,13H2,1-2H3,(H,14,15);(H,6,7). The first kappa shape index (κ1) is 19.3. The number of hydrogen-bond acceptors (Lipinski definition) is 6. The van der Waals surface area contributed by atoms with E-state index < -0.39 is 12.1 Å². The molecule has 2 rings (SSSR count). The number of oxazole rings is 1. The summed E-state index contributed by atoms with van der Waals surface area (Å²) in [5, 5.41) is 10.2. The Labute approximate surface area is 135 Å². The minimum absolute atomic E-state index is 0.420. The summed E-state index contributed by atoms with van der Waals surface area (Å²) in [5.74, 6) is -1.21. The molecule has 0 amide bonds. The lowest BCUT2D eigenvalue weighted by atomic mass is 10.2. The van der Waals surface area contributed by atoms with E-state index in [9.17, 15) is 13.2 Å². The zero-order valence-corrected chi connectivity index (χ0v) is 12.8. The fraction of sp³-hybridized carbons (Fsp3) is 0.286. The van der Waals surface area contributed by atoms with Gasteiger partial charge in [-0.3, -0.25) is 0 Å². The van der Waals surface area contributed by atoms with Crippen molar-refractivity contribution in [3.8, 4) is 5.75 Å². The van der Waals surface area contributed by atoms with Crippen LogP contribution in [0.1, 0.15) is 11.3 Å². The van der Waals surface area contributed by atoms with E-state index in [2.05, 4.69) is 10.3 Å². The van der Waals surface area contributed by atoms with Gasteiger partial charge in [-0.2, -0.15) is 13.2 Å². The average molecular weight is 347 g/mol. The van der Waals surface area contributed by atoms with Gasteiger partial charge >= 0.3 is 12.1 Å². The molecule has 24 heavy (non-hydrogen) atoms. The number of carbonyl (C=O) groups is 1. The molecule has 0 saturated heterocycles. The van der Waals surface area contributed by atoms with Gasteiger partial charge in [0.15, 0.2) is 0 Å². The number of rotatable bonds is 4. The van der Waals surface area contributed by atoms with Gasteiger partial charge in [0.2, 0.25) is 0 Å². The number of hydrogen-bond donors (Lipinski definition) is 3. The number of aryl methyl sites for hydroxylation is 1. The molecular weight excluding hydrogens is 331 g/mol. The third kappa shape index (κ3) is 5.80. The smallest absolute Gasteiger partial charge is 0.490 e. The molecule has 0 unspecified atom stereocenters. The highest BCUT2D eigenvalue weighted by atomic mass is 19.4. The number of aromatic nitrogens is 1. The zero-order chi connectivity index (χ0) is 18.3. The van der Waals surface area contributed by atoms with Crippen LogP contribution in [0.3, 0.4) is 0 Å². The third-order valence-electron chi connectivity index (χ3n) is 2.62. The van der Waals surface area contributed by atoms with Crippen molar-refractivity contribution in [2.45, 2.75) is 19.6 Å². The second-order valence-electron chi connectivity index (χ2n) is 4.43. The number of anilines is 2. The zero-order valence-electron chi connectivity index (χ0n) is 12.8. The highest BCUT2D eigenvalue weighted by Gasteiger charge is 2.38. The van der Waals surface area contributed by atoms with Crippen molar-refractivity contribution in [3.05, 3.63) is 35.7 Å². The number of benzene rings is 1. The quantitative estimate of drug-likeness (QED) is 0.780. The average Bonchev–Trinajstić information content (AvgIpc) is 2.91. The largest absolute Gasteiger partial charge is 0.496 e. The minimum Gasteiger partial charge on any atom is -0.496 e. The van der Waals surface area contributed by atoms with Crippen molar-refractivity contribution in [1.82, 2.24) is 4.98 Å². The summed E-state index contributed by atoms with van der Waals surface area (Å²) in [6.45, 7) is 2.26. The van der Waals surface area contributed by atoms with Crippen LogP contribution in [-0.2, 0) is 11.3 Å². The third-order valence-corrected chi connectivity index (χ3v) is 2.62. The summed E-state index contributed by atoms with van der Waals surface area (Å²) in [7, 11) is 1.62. The van der Waals surface area contributed by atoms with E-state index in [1.54, 1.807) is 13.3 Å². The fourth-order valence-corrected chi connectivity index (χ4v) is 1.55. The van der Waals surface area contributed by atoms with Gasteiger partial charge in [0, 0.05) is 17.8 Å². The molecule has 0 saturated carbocycles.